The third kappa shape index (κ3) is 6.11. The Hall–Kier alpha value is -1.14. The van der Waals surface area contributed by atoms with Crippen molar-refractivity contribution in [1.82, 2.24) is 15.5 Å². The fourth-order valence-corrected chi connectivity index (χ4v) is 3.60. The molecule has 0 aromatic rings. The first-order valence-corrected chi connectivity index (χ1v) is 9.12. The zero-order valence-corrected chi connectivity index (χ0v) is 14.4. The number of amides is 2. The monoisotopic (exact) mass is 324 g/mol. The van der Waals surface area contributed by atoms with Crippen LogP contribution in [0.1, 0.15) is 51.9 Å². The van der Waals surface area contributed by atoms with Gasteiger partial charge in [-0.15, -0.1) is 0 Å². The van der Waals surface area contributed by atoms with Gasteiger partial charge in [-0.2, -0.15) is 0 Å². The van der Waals surface area contributed by atoms with Crippen molar-refractivity contribution >= 4 is 11.8 Å². The molecular weight excluding hydrogens is 292 g/mol. The average molecular weight is 324 g/mol. The smallest absolute Gasteiger partial charge is 0.234 e. The van der Waals surface area contributed by atoms with E-state index in [-0.39, 0.29) is 23.9 Å². The molecule has 0 unspecified atom stereocenters. The maximum absolute atomic E-state index is 12.1. The third-order valence-electron chi connectivity index (χ3n) is 5.06. The summed E-state index contributed by atoms with van der Waals surface area (Å²) in [5.74, 6) is 0.605. The van der Waals surface area contributed by atoms with Crippen LogP contribution in [-0.4, -0.2) is 55.0 Å². The molecule has 1 heterocycles. The summed E-state index contributed by atoms with van der Waals surface area (Å²) in [7, 11) is 0. The van der Waals surface area contributed by atoms with E-state index in [9.17, 15) is 9.59 Å². The standard InChI is InChI=1S/C17H32N4O2/c1-2-8-19-17(23)12-21-9-6-14(7-10-21)20-16(22)11-13-4-3-5-15(13)18/h13-15H,2-12,18H2,1H3,(H,19,23)(H,20,22)/t13-,15+/m0/s1. The minimum atomic E-state index is 0.101. The van der Waals surface area contributed by atoms with Gasteiger partial charge in [0.15, 0.2) is 0 Å². The van der Waals surface area contributed by atoms with Crippen LogP contribution in [-0.2, 0) is 9.59 Å². The SMILES string of the molecule is CCCNC(=O)CN1CCC(NC(=O)C[C@@H]2CCC[C@H]2N)CC1. The van der Waals surface area contributed by atoms with Crippen molar-refractivity contribution in [2.24, 2.45) is 11.7 Å². The van der Waals surface area contributed by atoms with Crippen LogP contribution in [0.4, 0.5) is 0 Å². The Morgan fingerprint density at radius 2 is 1.87 bits per heavy atom. The van der Waals surface area contributed by atoms with E-state index in [2.05, 4.69) is 15.5 Å². The summed E-state index contributed by atoms with van der Waals surface area (Å²) in [6, 6.07) is 0.444. The molecule has 23 heavy (non-hydrogen) atoms. The van der Waals surface area contributed by atoms with E-state index in [1.54, 1.807) is 0 Å². The number of carbonyl (C=O) groups excluding carboxylic acids is 2. The minimum absolute atomic E-state index is 0.101. The summed E-state index contributed by atoms with van der Waals surface area (Å²) in [5, 5.41) is 6.06. The Balaban J connectivity index is 1.62. The fourth-order valence-electron chi connectivity index (χ4n) is 3.60. The molecule has 1 saturated heterocycles. The molecule has 1 aliphatic heterocycles. The average Bonchev–Trinajstić information content (AvgIpc) is 2.92. The maximum atomic E-state index is 12.1. The minimum Gasteiger partial charge on any atom is -0.355 e. The van der Waals surface area contributed by atoms with Crippen LogP contribution in [0.3, 0.4) is 0 Å². The van der Waals surface area contributed by atoms with Crippen LogP contribution >= 0.6 is 0 Å². The molecule has 4 N–H and O–H groups in total. The zero-order valence-electron chi connectivity index (χ0n) is 14.4. The van der Waals surface area contributed by atoms with Crippen molar-refractivity contribution in [2.45, 2.75) is 64.0 Å². The molecular formula is C17H32N4O2. The zero-order chi connectivity index (χ0) is 16.7. The van der Waals surface area contributed by atoms with Gasteiger partial charge in [-0.3, -0.25) is 14.5 Å². The predicted octanol–water partition coefficient (Wildman–Crippen LogP) is 0.611. The molecule has 1 saturated carbocycles. The van der Waals surface area contributed by atoms with E-state index in [0.29, 0.717) is 18.9 Å². The predicted molar refractivity (Wildman–Crippen MR) is 90.8 cm³/mol. The number of hydrogen-bond donors (Lipinski definition) is 3. The quantitative estimate of drug-likeness (QED) is 0.640. The largest absolute Gasteiger partial charge is 0.355 e. The molecule has 1 aliphatic carbocycles. The molecule has 0 radical (unpaired) electrons. The van der Waals surface area contributed by atoms with Gasteiger partial charge in [0.05, 0.1) is 6.54 Å². The van der Waals surface area contributed by atoms with Crippen molar-refractivity contribution < 1.29 is 9.59 Å². The van der Waals surface area contributed by atoms with Crippen LogP contribution in [0.2, 0.25) is 0 Å². The first-order valence-electron chi connectivity index (χ1n) is 9.12. The highest BCUT2D eigenvalue weighted by Crippen LogP contribution is 2.26. The molecule has 2 rings (SSSR count). The molecule has 2 atom stereocenters. The van der Waals surface area contributed by atoms with Crippen LogP contribution in [0.25, 0.3) is 0 Å². The highest BCUT2D eigenvalue weighted by atomic mass is 16.2. The number of carbonyl (C=O) groups is 2. The molecule has 6 nitrogen and oxygen atoms in total. The number of piperidine rings is 1. The number of likely N-dealkylation sites (tertiary alicyclic amines) is 1. The van der Waals surface area contributed by atoms with Crippen molar-refractivity contribution in [3.8, 4) is 0 Å². The Bertz CT molecular complexity index is 394. The molecule has 2 amide bonds. The highest BCUT2D eigenvalue weighted by Gasteiger charge is 2.27. The number of hydrogen-bond acceptors (Lipinski definition) is 4. The van der Waals surface area contributed by atoms with Gasteiger partial charge in [-0.25, -0.2) is 0 Å². The maximum Gasteiger partial charge on any atom is 0.234 e. The number of rotatable bonds is 7. The molecule has 132 valence electrons. The second-order valence-corrected chi connectivity index (χ2v) is 7.03. The summed E-state index contributed by atoms with van der Waals surface area (Å²) < 4.78 is 0. The van der Waals surface area contributed by atoms with Gasteiger partial charge < -0.3 is 16.4 Å². The van der Waals surface area contributed by atoms with E-state index in [1.165, 1.54) is 0 Å². The van der Waals surface area contributed by atoms with E-state index in [4.69, 9.17) is 5.73 Å². The number of nitrogens with one attached hydrogen (secondary N) is 2. The van der Waals surface area contributed by atoms with Crippen molar-refractivity contribution in [3.05, 3.63) is 0 Å². The molecule has 0 aromatic carbocycles. The lowest BCUT2D eigenvalue weighted by Crippen LogP contribution is -2.47. The van der Waals surface area contributed by atoms with Gasteiger partial charge in [0.1, 0.15) is 0 Å². The van der Waals surface area contributed by atoms with Crippen molar-refractivity contribution in [3.63, 3.8) is 0 Å². The Kier molecular flexibility index (Phi) is 7.30. The van der Waals surface area contributed by atoms with Crippen LogP contribution in [0, 0.1) is 5.92 Å². The number of nitrogens with zero attached hydrogens (tertiary/aromatic N) is 1. The lowest BCUT2D eigenvalue weighted by Gasteiger charge is -2.32. The second-order valence-electron chi connectivity index (χ2n) is 7.03. The van der Waals surface area contributed by atoms with Crippen molar-refractivity contribution in [2.75, 3.05) is 26.2 Å². The van der Waals surface area contributed by atoms with Crippen LogP contribution in [0.15, 0.2) is 0 Å². The normalized spacial score (nSPS) is 26.2. The summed E-state index contributed by atoms with van der Waals surface area (Å²) in [6.07, 6.45) is 6.66. The first kappa shape index (κ1) is 18.2. The van der Waals surface area contributed by atoms with Gasteiger partial charge in [-0.1, -0.05) is 13.3 Å². The molecule has 0 aromatic heterocycles. The molecule has 6 heteroatoms. The van der Waals surface area contributed by atoms with Crippen LogP contribution < -0.4 is 16.4 Å². The fraction of sp³-hybridized carbons (Fsp3) is 0.882. The lowest BCUT2D eigenvalue weighted by atomic mass is 9.98. The van der Waals surface area contributed by atoms with Gasteiger partial charge >= 0.3 is 0 Å². The van der Waals surface area contributed by atoms with Gasteiger partial charge in [0.25, 0.3) is 0 Å². The van der Waals surface area contributed by atoms with Gasteiger partial charge in [-0.05, 0) is 38.0 Å². The first-order chi connectivity index (χ1) is 11.1. The Morgan fingerprint density at radius 1 is 1.13 bits per heavy atom. The van der Waals surface area contributed by atoms with Gasteiger partial charge in [0.2, 0.25) is 11.8 Å². The lowest BCUT2D eigenvalue weighted by molar-refractivity contribution is -0.124. The third-order valence-corrected chi connectivity index (χ3v) is 5.06. The van der Waals surface area contributed by atoms with Gasteiger partial charge in [0, 0.05) is 38.1 Å². The number of nitrogens with two attached hydrogens (primary N) is 1. The molecule has 2 fully saturated rings. The van der Waals surface area contributed by atoms with E-state index >= 15 is 0 Å². The summed E-state index contributed by atoms with van der Waals surface area (Å²) >= 11 is 0. The molecule has 0 spiro atoms. The summed E-state index contributed by atoms with van der Waals surface area (Å²) in [4.78, 5) is 26.0. The molecule has 0 bridgehead atoms. The second kappa shape index (κ2) is 9.23. The Labute approximate surface area is 139 Å². The summed E-state index contributed by atoms with van der Waals surface area (Å²) in [5.41, 5.74) is 6.04. The Morgan fingerprint density at radius 3 is 2.48 bits per heavy atom. The topological polar surface area (TPSA) is 87.5 Å². The van der Waals surface area contributed by atoms with Crippen LogP contribution in [0.5, 0.6) is 0 Å². The molecule has 2 aliphatic rings. The van der Waals surface area contributed by atoms with Crippen molar-refractivity contribution in [1.29, 1.82) is 0 Å². The van der Waals surface area contributed by atoms with E-state index in [1.807, 2.05) is 6.92 Å². The van der Waals surface area contributed by atoms with E-state index in [0.717, 1.165) is 58.2 Å². The summed E-state index contributed by atoms with van der Waals surface area (Å²) in [6.45, 7) is 5.00. The van der Waals surface area contributed by atoms with E-state index < -0.39 is 0 Å². The highest BCUT2D eigenvalue weighted by molar-refractivity contribution is 5.78.